The number of benzene rings is 4. The van der Waals surface area contributed by atoms with Gasteiger partial charge in [0.2, 0.25) is 17.5 Å². The number of thiocarbonyl (C=S) groups is 1. The van der Waals surface area contributed by atoms with Crippen molar-refractivity contribution in [3.8, 4) is 17.2 Å². The Balaban J connectivity index is 1.37. The summed E-state index contributed by atoms with van der Waals surface area (Å²) in [5.41, 5.74) is 0.639. The highest BCUT2D eigenvalue weighted by Crippen LogP contribution is 2.32. The SMILES string of the molecule is COc1c(F)c(F)c(C(=O)NC(=S)Nc2ccc3oc(-c4cccc5ccccc45)nc3c2)c(F)c1F. The number of aromatic nitrogens is 1. The Morgan fingerprint density at radius 1 is 0.946 bits per heavy atom. The van der Waals surface area contributed by atoms with Gasteiger partial charge in [-0.05, 0) is 47.3 Å². The number of hydrogen-bond acceptors (Lipinski definition) is 5. The van der Waals surface area contributed by atoms with Crippen LogP contribution in [0.2, 0.25) is 0 Å². The first kappa shape index (κ1) is 24.2. The Morgan fingerprint density at radius 3 is 2.38 bits per heavy atom. The number of nitrogens with zero attached hydrogens (tertiary/aromatic N) is 1. The van der Waals surface area contributed by atoms with Gasteiger partial charge in [0.25, 0.3) is 5.91 Å². The van der Waals surface area contributed by atoms with Crippen molar-refractivity contribution in [3.05, 3.63) is 89.5 Å². The zero-order valence-corrected chi connectivity index (χ0v) is 19.7. The standard InChI is InChI=1S/C26H15F4N3O3S/c1-35-23-21(29)19(27)18(20(28)22(23)30)24(34)33-26(37)31-13-9-10-17-16(11-13)32-25(36-17)15-8-4-6-12-5-2-3-7-14(12)15/h2-11H,1H3,(H2,31,33,34,37). The van der Waals surface area contributed by atoms with Crippen LogP contribution in [0.5, 0.6) is 5.75 Å². The fraction of sp³-hybridized carbons (Fsp3) is 0.0385. The first-order valence-electron chi connectivity index (χ1n) is 10.7. The molecule has 1 amide bonds. The summed E-state index contributed by atoms with van der Waals surface area (Å²) in [6.45, 7) is 0. The molecular weight excluding hydrogens is 510 g/mol. The van der Waals surface area contributed by atoms with E-state index in [2.05, 4.69) is 15.0 Å². The van der Waals surface area contributed by atoms with E-state index in [-0.39, 0.29) is 5.11 Å². The van der Waals surface area contributed by atoms with Gasteiger partial charge in [-0.2, -0.15) is 8.78 Å². The quantitative estimate of drug-likeness (QED) is 0.162. The number of fused-ring (bicyclic) bond motifs is 2. The summed E-state index contributed by atoms with van der Waals surface area (Å²) in [5.74, 6) is -9.89. The number of nitrogens with one attached hydrogen (secondary N) is 2. The second kappa shape index (κ2) is 9.51. The zero-order valence-electron chi connectivity index (χ0n) is 18.9. The van der Waals surface area contributed by atoms with Crippen molar-refractivity contribution in [3.63, 3.8) is 0 Å². The van der Waals surface area contributed by atoms with E-state index in [1.54, 1.807) is 18.2 Å². The topological polar surface area (TPSA) is 76.4 Å². The molecule has 0 unspecified atom stereocenters. The van der Waals surface area contributed by atoms with Gasteiger partial charge in [-0.15, -0.1) is 0 Å². The molecule has 186 valence electrons. The molecule has 1 heterocycles. The van der Waals surface area contributed by atoms with Crippen molar-refractivity contribution in [1.82, 2.24) is 10.3 Å². The van der Waals surface area contributed by atoms with Crippen LogP contribution in [0.25, 0.3) is 33.3 Å². The van der Waals surface area contributed by atoms with Crippen LogP contribution in [0.15, 0.2) is 65.1 Å². The van der Waals surface area contributed by atoms with Crippen molar-refractivity contribution < 1.29 is 31.5 Å². The number of carbonyl (C=O) groups is 1. The van der Waals surface area contributed by atoms with Crippen molar-refractivity contribution in [2.75, 3.05) is 12.4 Å². The van der Waals surface area contributed by atoms with E-state index < -0.39 is 40.5 Å². The number of carbonyl (C=O) groups excluding carboxylic acids is 1. The highest BCUT2D eigenvalue weighted by molar-refractivity contribution is 7.80. The van der Waals surface area contributed by atoms with Gasteiger partial charge in [0.15, 0.2) is 28.1 Å². The Kier molecular flexibility index (Phi) is 6.22. The van der Waals surface area contributed by atoms with Crippen molar-refractivity contribution in [1.29, 1.82) is 0 Å². The van der Waals surface area contributed by atoms with Gasteiger partial charge in [-0.25, -0.2) is 13.8 Å². The summed E-state index contributed by atoms with van der Waals surface area (Å²) < 4.78 is 66.6. The van der Waals surface area contributed by atoms with Crippen LogP contribution in [-0.4, -0.2) is 23.1 Å². The van der Waals surface area contributed by atoms with E-state index in [9.17, 15) is 22.4 Å². The van der Waals surface area contributed by atoms with Crippen LogP contribution in [0, 0.1) is 23.3 Å². The molecule has 0 saturated heterocycles. The number of rotatable bonds is 4. The molecule has 0 aliphatic rings. The van der Waals surface area contributed by atoms with Crippen molar-refractivity contribution in [2.24, 2.45) is 0 Å². The van der Waals surface area contributed by atoms with Crippen LogP contribution in [0.3, 0.4) is 0 Å². The zero-order chi connectivity index (χ0) is 26.3. The van der Waals surface area contributed by atoms with Gasteiger partial charge in [0, 0.05) is 11.3 Å². The summed E-state index contributed by atoms with van der Waals surface area (Å²) in [7, 11) is 0.829. The average Bonchev–Trinajstić information content (AvgIpc) is 3.31. The molecule has 5 aromatic rings. The lowest BCUT2D eigenvalue weighted by atomic mass is 10.0. The van der Waals surface area contributed by atoms with Crippen molar-refractivity contribution >= 4 is 50.8 Å². The summed E-state index contributed by atoms with van der Waals surface area (Å²) >= 11 is 5.03. The lowest BCUT2D eigenvalue weighted by Crippen LogP contribution is -2.35. The molecule has 0 bridgehead atoms. The maximum absolute atomic E-state index is 14.2. The molecule has 0 aliphatic heterocycles. The smallest absolute Gasteiger partial charge is 0.263 e. The third-order valence-corrected chi connectivity index (χ3v) is 5.75. The number of halogens is 4. The Hall–Kier alpha value is -4.51. The minimum Gasteiger partial charge on any atom is -0.491 e. The van der Waals surface area contributed by atoms with E-state index in [0.717, 1.165) is 23.4 Å². The van der Waals surface area contributed by atoms with Gasteiger partial charge < -0.3 is 14.5 Å². The molecule has 1 aromatic heterocycles. The molecule has 5 rings (SSSR count). The maximum atomic E-state index is 14.2. The van der Waals surface area contributed by atoms with Crippen LogP contribution >= 0.6 is 12.2 Å². The number of ether oxygens (including phenoxy) is 1. The largest absolute Gasteiger partial charge is 0.491 e. The molecule has 6 nitrogen and oxygen atoms in total. The van der Waals surface area contributed by atoms with Gasteiger partial charge >= 0.3 is 0 Å². The Bertz CT molecular complexity index is 1690. The lowest BCUT2D eigenvalue weighted by Gasteiger charge is -2.12. The molecule has 0 radical (unpaired) electrons. The lowest BCUT2D eigenvalue weighted by molar-refractivity contribution is 0.0966. The van der Waals surface area contributed by atoms with E-state index in [0.29, 0.717) is 22.7 Å². The van der Waals surface area contributed by atoms with Gasteiger partial charge in [0.05, 0.1) is 7.11 Å². The number of oxazole rings is 1. The number of methoxy groups -OCH3 is 1. The summed E-state index contributed by atoms with van der Waals surface area (Å²) in [6, 6.07) is 18.3. The highest BCUT2D eigenvalue weighted by Gasteiger charge is 2.30. The first-order chi connectivity index (χ1) is 17.8. The van der Waals surface area contributed by atoms with Crippen LogP contribution < -0.4 is 15.4 Å². The molecule has 0 atom stereocenters. The van der Waals surface area contributed by atoms with Crippen LogP contribution in [0.1, 0.15) is 10.4 Å². The third-order valence-electron chi connectivity index (χ3n) is 5.55. The maximum Gasteiger partial charge on any atom is 0.263 e. The average molecular weight is 525 g/mol. The predicted molar refractivity (Wildman–Crippen MR) is 133 cm³/mol. The second-order valence-electron chi connectivity index (χ2n) is 7.80. The normalized spacial score (nSPS) is 11.1. The first-order valence-corrected chi connectivity index (χ1v) is 11.1. The predicted octanol–water partition coefficient (Wildman–Crippen LogP) is 6.34. The van der Waals surface area contributed by atoms with E-state index in [1.807, 2.05) is 47.8 Å². The minimum absolute atomic E-state index is 0.364. The second-order valence-corrected chi connectivity index (χ2v) is 8.21. The number of amides is 1. The fourth-order valence-corrected chi connectivity index (χ4v) is 4.06. The molecular formula is C26H15F4N3O3S. The molecule has 0 spiro atoms. The van der Waals surface area contributed by atoms with Gasteiger partial charge in [0.1, 0.15) is 11.1 Å². The number of hydrogen-bond donors (Lipinski definition) is 2. The van der Waals surface area contributed by atoms with Crippen molar-refractivity contribution in [2.45, 2.75) is 0 Å². The van der Waals surface area contributed by atoms with Gasteiger partial charge in [-0.1, -0.05) is 36.4 Å². The Morgan fingerprint density at radius 2 is 1.65 bits per heavy atom. The molecule has 11 heteroatoms. The monoisotopic (exact) mass is 525 g/mol. The molecule has 0 aliphatic carbocycles. The summed E-state index contributed by atoms with van der Waals surface area (Å²) in [5, 5.41) is 6.27. The van der Waals surface area contributed by atoms with E-state index >= 15 is 0 Å². The summed E-state index contributed by atoms with van der Waals surface area (Å²) in [6.07, 6.45) is 0. The van der Waals surface area contributed by atoms with Crippen LogP contribution in [0.4, 0.5) is 23.2 Å². The summed E-state index contributed by atoms with van der Waals surface area (Å²) in [4.78, 5) is 16.9. The third kappa shape index (κ3) is 4.33. The molecule has 2 N–H and O–H groups in total. The Labute approximate surface area is 211 Å². The van der Waals surface area contributed by atoms with Crippen LogP contribution in [-0.2, 0) is 0 Å². The molecule has 4 aromatic carbocycles. The van der Waals surface area contributed by atoms with E-state index in [1.165, 1.54) is 0 Å². The van der Waals surface area contributed by atoms with Gasteiger partial charge in [-0.3, -0.25) is 10.1 Å². The molecule has 0 fully saturated rings. The minimum atomic E-state index is -1.92. The molecule has 37 heavy (non-hydrogen) atoms. The number of anilines is 1. The van der Waals surface area contributed by atoms with E-state index in [4.69, 9.17) is 16.6 Å². The fourth-order valence-electron chi connectivity index (χ4n) is 3.85. The highest BCUT2D eigenvalue weighted by atomic mass is 32.1. The molecule has 0 saturated carbocycles.